The van der Waals surface area contributed by atoms with Crippen molar-refractivity contribution in [2.75, 3.05) is 14.2 Å². The smallest absolute Gasteiger partial charge is 0.261 e. The Labute approximate surface area is 186 Å². The summed E-state index contributed by atoms with van der Waals surface area (Å²) in [6, 6.07) is 20.9. The number of hydrogen-bond donors (Lipinski definition) is 1. The van der Waals surface area contributed by atoms with Crippen LogP contribution in [0.2, 0.25) is 0 Å². The molecule has 0 spiro atoms. The Bertz CT molecular complexity index is 1340. The number of benzene rings is 3. The number of rotatable bonds is 7. The summed E-state index contributed by atoms with van der Waals surface area (Å²) < 4.78 is 12.5. The first kappa shape index (κ1) is 21.3. The van der Waals surface area contributed by atoms with E-state index in [9.17, 15) is 4.79 Å². The lowest BCUT2D eigenvalue weighted by Gasteiger charge is -2.13. The highest BCUT2D eigenvalue weighted by Crippen LogP contribution is 2.26. The van der Waals surface area contributed by atoms with Crippen LogP contribution >= 0.6 is 0 Å². The van der Waals surface area contributed by atoms with Crippen LogP contribution in [0.1, 0.15) is 22.5 Å². The summed E-state index contributed by atoms with van der Waals surface area (Å²) in [6.07, 6.45) is 3.71. The van der Waals surface area contributed by atoms with Gasteiger partial charge < -0.3 is 15.2 Å². The second kappa shape index (κ2) is 9.49. The largest absolute Gasteiger partial charge is 0.497 e. The van der Waals surface area contributed by atoms with Gasteiger partial charge in [0, 0.05) is 12.1 Å². The summed E-state index contributed by atoms with van der Waals surface area (Å²) in [5, 5.41) is 0.582. The highest BCUT2D eigenvalue weighted by atomic mass is 16.5. The first-order valence-corrected chi connectivity index (χ1v) is 10.3. The van der Waals surface area contributed by atoms with Gasteiger partial charge in [-0.05, 0) is 53.6 Å². The lowest BCUT2D eigenvalue weighted by Crippen LogP contribution is -2.24. The van der Waals surface area contributed by atoms with Gasteiger partial charge in [-0.3, -0.25) is 9.36 Å². The number of ether oxygens (including phenoxy) is 2. The number of para-hydroxylation sites is 1. The number of aromatic nitrogens is 2. The van der Waals surface area contributed by atoms with Crippen molar-refractivity contribution in [2.45, 2.75) is 13.1 Å². The standard InChI is InChI=1S/C26H25N3O3/c1-31-21-11-12-24(32-2)20(15-21)10-13-25-28-23-9-4-3-8-22(23)26(30)29(25)17-19-7-5-6-18(14-19)16-27/h3-15H,16-17,27H2,1-2H3/b13-10+. The fourth-order valence-electron chi connectivity index (χ4n) is 3.64. The van der Waals surface area contributed by atoms with Crippen molar-refractivity contribution in [3.05, 3.63) is 99.6 Å². The molecule has 0 radical (unpaired) electrons. The molecule has 0 atom stereocenters. The number of fused-ring (bicyclic) bond motifs is 1. The molecule has 0 fully saturated rings. The van der Waals surface area contributed by atoms with Gasteiger partial charge >= 0.3 is 0 Å². The van der Waals surface area contributed by atoms with E-state index in [2.05, 4.69) is 0 Å². The third-order valence-electron chi connectivity index (χ3n) is 5.31. The fourth-order valence-corrected chi connectivity index (χ4v) is 3.64. The zero-order valence-corrected chi connectivity index (χ0v) is 18.1. The summed E-state index contributed by atoms with van der Waals surface area (Å²) in [6.45, 7) is 0.834. The monoisotopic (exact) mass is 427 g/mol. The lowest BCUT2D eigenvalue weighted by atomic mass is 10.1. The molecule has 0 saturated carbocycles. The van der Waals surface area contributed by atoms with Gasteiger partial charge in [0.25, 0.3) is 5.56 Å². The second-order valence-electron chi connectivity index (χ2n) is 7.34. The van der Waals surface area contributed by atoms with Gasteiger partial charge in [-0.15, -0.1) is 0 Å². The van der Waals surface area contributed by atoms with Crippen LogP contribution in [0.5, 0.6) is 11.5 Å². The molecule has 0 saturated heterocycles. The van der Waals surface area contributed by atoms with E-state index in [-0.39, 0.29) is 5.56 Å². The normalized spacial score (nSPS) is 11.2. The first-order valence-electron chi connectivity index (χ1n) is 10.3. The molecule has 6 heteroatoms. The molecule has 0 amide bonds. The van der Waals surface area contributed by atoms with Crippen molar-refractivity contribution in [3.8, 4) is 11.5 Å². The quantitative estimate of drug-likeness (QED) is 0.481. The predicted molar refractivity (Wildman–Crippen MR) is 128 cm³/mol. The van der Waals surface area contributed by atoms with Crippen LogP contribution in [-0.4, -0.2) is 23.8 Å². The topological polar surface area (TPSA) is 79.4 Å². The van der Waals surface area contributed by atoms with Crippen LogP contribution in [0.15, 0.2) is 71.5 Å². The minimum Gasteiger partial charge on any atom is -0.497 e. The summed E-state index contributed by atoms with van der Waals surface area (Å²) in [4.78, 5) is 18.1. The van der Waals surface area contributed by atoms with Crippen LogP contribution in [0, 0.1) is 0 Å². The van der Waals surface area contributed by atoms with Crippen molar-refractivity contribution in [1.29, 1.82) is 0 Å². The Balaban J connectivity index is 1.84. The molecule has 0 unspecified atom stereocenters. The maximum Gasteiger partial charge on any atom is 0.261 e. The first-order chi connectivity index (χ1) is 15.6. The zero-order chi connectivity index (χ0) is 22.5. The van der Waals surface area contributed by atoms with Crippen molar-refractivity contribution in [2.24, 2.45) is 5.73 Å². The van der Waals surface area contributed by atoms with E-state index < -0.39 is 0 Å². The van der Waals surface area contributed by atoms with Gasteiger partial charge in [0.2, 0.25) is 0 Å². The van der Waals surface area contributed by atoms with Gasteiger partial charge in [0.05, 0.1) is 31.7 Å². The van der Waals surface area contributed by atoms with Gasteiger partial charge in [-0.2, -0.15) is 0 Å². The highest BCUT2D eigenvalue weighted by molar-refractivity contribution is 5.80. The molecule has 0 bridgehead atoms. The Morgan fingerprint density at radius 2 is 1.75 bits per heavy atom. The van der Waals surface area contributed by atoms with E-state index in [0.29, 0.717) is 41.3 Å². The second-order valence-corrected chi connectivity index (χ2v) is 7.34. The molecule has 4 aromatic rings. The molecule has 3 aromatic carbocycles. The van der Waals surface area contributed by atoms with Gasteiger partial charge in [0.1, 0.15) is 17.3 Å². The molecular weight excluding hydrogens is 402 g/mol. The molecule has 32 heavy (non-hydrogen) atoms. The van der Waals surface area contributed by atoms with E-state index in [0.717, 1.165) is 16.7 Å². The molecule has 4 rings (SSSR count). The van der Waals surface area contributed by atoms with Crippen LogP contribution in [0.25, 0.3) is 23.1 Å². The summed E-state index contributed by atoms with van der Waals surface area (Å²) >= 11 is 0. The third-order valence-corrected chi connectivity index (χ3v) is 5.31. The molecule has 0 aliphatic rings. The average molecular weight is 428 g/mol. The highest BCUT2D eigenvalue weighted by Gasteiger charge is 2.11. The average Bonchev–Trinajstić information content (AvgIpc) is 2.84. The molecule has 2 N–H and O–H groups in total. The summed E-state index contributed by atoms with van der Waals surface area (Å²) in [5.41, 5.74) is 9.19. The van der Waals surface area contributed by atoms with Gasteiger partial charge in [-0.25, -0.2) is 4.98 Å². The van der Waals surface area contributed by atoms with Crippen molar-refractivity contribution in [1.82, 2.24) is 9.55 Å². The number of methoxy groups -OCH3 is 2. The molecular formula is C26H25N3O3. The Morgan fingerprint density at radius 1 is 0.938 bits per heavy atom. The minimum atomic E-state index is -0.0917. The minimum absolute atomic E-state index is 0.0917. The van der Waals surface area contributed by atoms with E-state index in [1.165, 1.54) is 0 Å². The van der Waals surface area contributed by atoms with Crippen LogP contribution in [0.3, 0.4) is 0 Å². The van der Waals surface area contributed by atoms with Crippen LogP contribution in [-0.2, 0) is 13.1 Å². The SMILES string of the molecule is COc1ccc(OC)c(/C=C/c2nc3ccccc3c(=O)n2Cc2cccc(CN)c2)c1. The molecule has 1 aromatic heterocycles. The molecule has 162 valence electrons. The Hall–Kier alpha value is -3.90. The van der Waals surface area contributed by atoms with E-state index in [1.54, 1.807) is 24.9 Å². The zero-order valence-electron chi connectivity index (χ0n) is 18.1. The summed E-state index contributed by atoms with van der Waals surface area (Å²) in [5.74, 6) is 1.97. The van der Waals surface area contributed by atoms with Gasteiger partial charge in [-0.1, -0.05) is 36.4 Å². The van der Waals surface area contributed by atoms with E-state index >= 15 is 0 Å². The van der Waals surface area contributed by atoms with Crippen molar-refractivity contribution in [3.63, 3.8) is 0 Å². The van der Waals surface area contributed by atoms with Crippen molar-refractivity contribution < 1.29 is 9.47 Å². The molecule has 0 aliphatic heterocycles. The Kier molecular flexibility index (Phi) is 6.33. The van der Waals surface area contributed by atoms with Crippen LogP contribution < -0.4 is 20.8 Å². The number of nitrogens with zero attached hydrogens (tertiary/aromatic N) is 2. The molecule has 6 nitrogen and oxygen atoms in total. The maximum absolute atomic E-state index is 13.4. The van der Waals surface area contributed by atoms with Crippen molar-refractivity contribution >= 4 is 23.1 Å². The number of nitrogens with two attached hydrogens (primary N) is 1. The predicted octanol–water partition coefficient (Wildman–Crippen LogP) is 4.09. The Morgan fingerprint density at radius 3 is 2.53 bits per heavy atom. The molecule has 0 aliphatic carbocycles. The molecule has 1 heterocycles. The third kappa shape index (κ3) is 4.40. The van der Waals surface area contributed by atoms with Gasteiger partial charge in [0.15, 0.2) is 0 Å². The number of hydrogen-bond acceptors (Lipinski definition) is 5. The van der Waals surface area contributed by atoms with E-state index in [4.69, 9.17) is 20.2 Å². The maximum atomic E-state index is 13.4. The van der Waals surface area contributed by atoms with E-state index in [1.807, 2.05) is 72.8 Å². The summed E-state index contributed by atoms with van der Waals surface area (Å²) in [7, 11) is 3.24. The lowest BCUT2D eigenvalue weighted by molar-refractivity contribution is 0.402. The fraction of sp³-hybridized carbons (Fsp3) is 0.154. The van der Waals surface area contributed by atoms with Crippen LogP contribution in [0.4, 0.5) is 0 Å².